The maximum Gasteiger partial charge on any atom is 0.291 e. The Morgan fingerprint density at radius 2 is 1.88 bits per heavy atom. The lowest BCUT2D eigenvalue weighted by Crippen LogP contribution is -2.18. The van der Waals surface area contributed by atoms with Crippen LogP contribution in [0.25, 0.3) is 22.1 Å². The summed E-state index contributed by atoms with van der Waals surface area (Å²) in [6.45, 7) is 4.95. The number of fused-ring (bicyclic) bond motifs is 2. The average molecular weight is 442 g/mol. The van der Waals surface area contributed by atoms with Gasteiger partial charge in [-0.25, -0.2) is 9.97 Å². The number of amides is 1. The zero-order valence-corrected chi connectivity index (χ0v) is 18.0. The number of imidazole rings is 2. The molecule has 0 bridgehead atoms. The molecule has 2 heterocycles. The van der Waals surface area contributed by atoms with Gasteiger partial charge in [0.1, 0.15) is 0 Å². The van der Waals surface area contributed by atoms with Crippen LogP contribution in [0, 0.1) is 0 Å². The smallest absolute Gasteiger partial charge is 0.291 e. The number of allylic oxidation sites excluding steroid dienone is 1. The van der Waals surface area contributed by atoms with Crippen molar-refractivity contribution >= 4 is 45.3 Å². The Kier molecular flexibility index (Phi) is 5.21. The number of aromatic nitrogens is 4. The van der Waals surface area contributed by atoms with E-state index in [4.69, 9.17) is 11.6 Å². The number of carbonyl (C=O) groups is 1. The second-order valence-electron chi connectivity index (χ2n) is 7.48. The Morgan fingerprint density at radius 3 is 2.69 bits per heavy atom. The van der Waals surface area contributed by atoms with E-state index in [1.54, 1.807) is 12.4 Å². The molecule has 1 amide bonds. The van der Waals surface area contributed by atoms with Gasteiger partial charge >= 0.3 is 0 Å². The van der Waals surface area contributed by atoms with E-state index < -0.39 is 0 Å². The fourth-order valence-corrected chi connectivity index (χ4v) is 3.97. The maximum atomic E-state index is 13.3. The summed E-state index contributed by atoms with van der Waals surface area (Å²) in [6.07, 6.45) is 3.58. The molecule has 5 rings (SSSR count). The van der Waals surface area contributed by atoms with Crippen molar-refractivity contribution in [2.75, 3.05) is 5.32 Å². The first-order chi connectivity index (χ1) is 15.6. The summed E-state index contributed by atoms with van der Waals surface area (Å²) in [7, 11) is 0. The quantitative estimate of drug-likeness (QED) is 0.352. The number of nitrogens with one attached hydrogen (secondary N) is 1. The van der Waals surface area contributed by atoms with Gasteiger partial charge in [-0.2, -0.15) is 0 Å². The van der Waals surface area contributed by atoms with E-state index in [1.165, 1.54) is 0 Å². The molecule has 6 nitrogen and oxygen atoms in total. The predicted molar refractivity (Wildman–Crippen MR) is 128 cm³/mol. The van der Waals surface area contributed by atoms with Crippen molar-refractivity contribution < 1.29 is 4.79 Å². The van der Waals surface area contributed by atoms with Gasteiger partial charge in [0.25, 0.3) is 5.91 Å². The first-order valence-corrected chi connectivity index (χ1v) is 10.6. The van der Waals surface area contributed by atoms with Crippen molar-refractivity contribution in [1.82, 2.24) is 19.1 Å². The van der Waals surface area contributed by atoms with Crippen LogP contribution < -0.4 is 5.32 Å². The third kappa shape index (κ3) is 3.76. The zero-order valence-electron chi connectivity index (χ0n) is 17.2. The number of benzene rings is 3. The first-order valence-electron chi connectivity index (χ1n) is 10.2. The summed E-state index contributed by atoms with van der Waals surface area (Å²) in [5.74, 6) is 0.0292. The highest BCUT2D eigenvalue weighted by molar-refractivity contribution is 6.31. The summed E-state index contributed by atoms with van der Waals surface area (Å²) in [6, 6.07) is 21.0. The number of halogens is 1. The second-order valence-corrected chi connectivity index (χ2v) is 7.92. The minimum atomic E-state index is -0.293. The van der Waals surface area contributed by atoms with Crippen LogP contribution in [0.15, 0.2) is 85.7 Å². The molecule has 158 valence electrons. The van der Waals surface area contributed by atoms with E-state index in [0.29, 0.717) is 35.1 Å². The summed E-state index contributed by atoms with van der Waals surface area (Å²) >= 11 is 6.24. The van der Waals surface area contributed by atoms with Crippen molar-refractivity contribution in [3.63, 3.8) is 0 Å². The van der Waals surface area contributed by atoms with Crippen molar-refractivity contribution in [1.29, 1.82) is 0 Å². The maximum absolute atomic E-state index is 13.3. The number of hydrogen-bond acceptors (Lipinski definition) is 3. The van der Waals surface area contributed by atoms with Gasteiger partial charge in [0.05, 0.1) is 28.4 Å². The summed E-state index contributed by atoms with van der Waals surface area (Å²) in [4.78, 5) is 22.3. The molecule has 0 fully saturated rings. The van der Waals surface area contributed by atoms with E-state index in [2.05, 4.69) is 21.9 Å². The van der Waals surface area contributed by atoms with Crippen LogP contribution in [0.3, 0.4) is 0 Å². The van der Waals surface area contributed by atoms with Crippen molar-refractivity contribution in [2.45, 2.75) is 13.1 Å². The van der Waals surface area contributed by atoms with Crippen LogP contribution in [0.4, 0.5) is 5.69 Å². The molecule has 1 N–H and O–H groups in total. The zero-order chi connectivity index (χ0) is 22.1. The summed E-state index contributed by atoms with van der Waals surface area (Å²) in [5, 5.41) is 3.57. The molecule has 3 aromatic carbocycles. The molecular formula is C25H20ClN5O. The van der Waals surface area contributed by atoms with Crippen LogP contribution in [-0.4, -0.2) is 25.0 Å². The third-order valence-corrected chi connectivity index (χ3v) is 5.54. The van der Waals surface area contributed by atoms with Crippen LogP contribution in [0.5, 0.6) is 0 Å². The Hall–Kier alpha value is -3.90. The summed E-state index contributed by atoms with van der Waals surface area (Å²) < 4.78 is 3.89. The van der Waals surface area contributed by atoms with Crippen molar-refractivity contribution in [3.05, 3.63) is 102 Å². The molecule has 32 heavy (non-hydrogen) atoms. The summed E-state index contributed by atoms with van der Waals surface area (Å²) in [5.41, 5.74) is 5.03. The van der Waals surface area contributed by atoms with Gasteiger partial charge in [-0.1, -0.05) is 48.0 Å². The number of hydrogen-bond donors (Lipinski definition) is 1. The Morgan fingerprint density at radius 1 is 1.03 bits per heavy atom. The largest absolute Gasteiger partial charge is 0.327 e. The Balaban J connectivity index is 1.51. The lowest BCUT2D eigenvalue weighted by Gasteiger charge is -2.10. The van der Waals surface area contributed by atoms with Gasteiger partial charge in [-0.3, -0.25) is 4.79 Å². The van der Waals surface area contributed by atoms with E-state index >= 15 is 0 Å². The SMILES string of the molecule is C=CCn1cnc2cc(NC(=O)c3nc4ccc(Cl)cc4n3Cc3ccccc3)ccc21. The molecule has 0 saturated carbocycles. The van der Waals surface area contributed by atoms with Crippen LogP contribution in [-0.2, 0) is 13.1 Å². The number of anilines is 1. The molecule has 7 heteroatoms. The molecule has 0 aliphatic carbocycles. The molecule has 0 radical (unpaired) electrons. The fraction of sp³-hybridized carbons (Fsp3) is 0.0800. The normalized spacial score (nSPS) is 11.2. The molecule has 0 atom stereocenters. The molecule has 0 aliphatic heterocycles. The minimum absolute atomic E-state index is 0.293. The molecule has 5 aromatic rings. The molecule has 0 saturated heterocycles. The van der Waals surface area contributed by atoms with E-state index in [-0.39, 0.29) is 5.91 Å². The number of nitrogens with zero attached hydrogens (tertiary/aromatic N) is 4. The van der Waals surface area contributed by atoms with Gasteiger partial charge in [0.15, 0.2) is 0 Å². The predicted octanol–water partition coefficient (Wildman–Crippen LogP) is 5.53. The lowest BCUT2D eigenvalue weighted by atomic mass is 10.2. The minimum Gasteiger partial charge on any atom is -0.327 e. The Labute approximate surface area is 189 Å². The van der Waals surface area contributed by atoms with Gasteiger partial charge in [0.2, 0.25) is 5.82 Å². The van der Waals surface area contributed by atoms with Crippen LogP contribution in [0.2, 0.25) is 5.02 Å². The van der Waals surface area contributed by atoms with Gasteiger partial charge < -0.3 is 14.5 Å². The first kappa shape index (κ1) is 20.0. The van der Waals surface area contributed by atoms with E-state index in [1.807, 2.05) is 75.9 Å². The molecular weight excluding hydrogens is 422 g/mol. The van der Waals surface area contributed by atoms with E-state index in [0.717, 1.165) is 22.1 Å². The second kappa shape index (κ2) is 8.32. The fourth-order valence-electron chi connectivity index (χ4n) is 3.81. The van der Waals surface area contributed by atoms with Crippen molar-refractivity contribution in [2.24, 2.45) is 0 Å². The standard InChI is InChI=1S/C25H20ClN5O/c1-2-12-30-16-27-21-14-19(9-11-22(21)30)28-25(32)24-29-20-10-8-18(26)13-23(20)31(24)15-17-6-4-3-5-7-17/h2-11,13-14,16H,1,12,15H2,(H,28,32). The van der Waals surface area contributed by atoms with Crippen LogP contribution >= 0.6 is 11.6 Å². The molecule has 2 aromatic heterocycles. The highest BCUT2D eigenvalue weighted by atomic mass is 35.5. The molecule has 0 spiro atoms. The monoisotopic (exact) mass is 441 g/mol. The van der Waals surface area contributed by atoms with Crippen LogP contribution in [0.1, 0.15) is 16.2 Å². The van der Waals surface area contributed by atoms with E-state index in [9.17, 15) is 4.79 Å². The van der Waals surface area contributed by atoms with Gasteiger partial charge in [-0.15, -0.1) is 6.58 Å². The molecule has 0 unspecified atom stereocenters. The number of rotatable bonds is 6. The highest BCUT2D eigenvalue weighted by Gasteiger charge is 2.19. The lowest BCUT2D eigenvalue weighted by molar-refractivity contribution is 0.101. The topological polar surface area (TPSA) is 64.7 Å². The third-order valence-electron chi connectivity index (χ3n) is 5.30. The average Bonchev–Trinajstić information content (AvgIpc) is 3.36. The highest BCUT2D eigenvalue weighted by Crippen LogP contribution is 2.24. The van der Waals surface area contributed by atoms with Gasteiger partial charge in [0, 0.05) is 23.8 Å². The van der Waals surface area contributed by atoms with Gasteiger partial charge in [-0.05, 0) is 42.0 Å². The number of carbonyl (C=O) groups excluding carboxylic acids is 1. The Bertz CT molecular complexity index is 1450. The van der Waals surface area contributed by atoms with Crippen molar-refractivity contribution in [3.8, 4) is 0 Å². The molecule has 0 aliphatic rings.